The first kappa shape index (κ1) is 14.3. The molecule has 1 aliphatic heterocycles. The smallest absolute Gasteiger partial charge is 0.264 e. The minimum atomic E-state index is -0.543. The van der Waals surface area contributed by atoms with Gasteiger partial charge in [0.25, 0.3) is 5.91 Å². The highest BCUT2D eigenvalue weighted by atomic mass is 79.9. The van der Waals surface area contributed by atoms with E-state index >= 15 is 0 Å². The molecule has 2 heterocycles. The van der Waals surface area contributed by atoms with Gasteiger partial charge in [-0.2, -0.15) is 0 Å². The lowest BCUT2D eigenvalue weighted by Gasteiger charge is -2.08. The van der Waals surface area contributed by atoms with Gasteiger partial charge >= 0.3 is 0 Å². The Balaban J connectivity index is 1.57. The van der Waals surface area contributed by atoms with Crippen LogP contribution in [0.2, 0.25) is 0 Å². The number of halogens is 1. The highest BCUT2D eigenvalue weighted by Crippen LogP contribution is 2.20. The molecular formula is C15H13BrN2O2S. The van der Waals surface area contributed by atoms with Crippen LogP contribution in [-0.4, -0.2) is 17.7 Å². The maximum absolute atomic E-state index is 12.1. The summed E-state index contributed by atoms with van der Waals surface area (Å²) in [6.07, 6.45) is -0.0499. The Bertz CT molecular complexity index is 670. The molecule has 3 rings (SSSR count). The van der Waals surface area contributed by atoms with Crippen LogP contribution in [0.5, 0.6) is 0 Å². The topological polar surface area (TPSA) is 50.7 Å². The summed E-state index contributed by atoms with van der Waals surface area (Å²) < 4.78 is 0.980. The van der Waals surface area contributed by atoms with Crippen molar-refractivity contribution in [3.63, 3.8) is 0 Å². The molecule has 21 heavy (non-hydrogen) atoms. The Labute approximate surface area is 134 Å². The average Bonchev–Trinajstić information content (AvgIpc) is 3.16. The first-order chi connectivity index (χ1) is 10.2. The van der Waals surface area contributed by atoms with Crippen LogP contribution in [0.3, 0.4) is 0 Å². The van der Waals surface area contributed by atoms with Crippen LogP contribution in [-0.2, 0) is 16.2 Å². The van der Waals surface area contributed by atoms with Gasteiger partial charge in [-0.25, -0.2) is 0 Å². The fourth-order valence-corrected chi connectivity index (χ4v) is 3.10. The van der Waals surface area contributed by atoms with E-state index in [-0.39, 0.29) is 5.91 Å². The van der Waals surface area contributed by atoms with Crippen LogP contribution in [0, 0.1) is 0 Å². The van der Waals surface area contributed by atoms with Crippen molar-refractivity contribution in [2.75, 3.05) is 0 Å². The highest BCUT2D eigenvalue weighted by Gasteiger charge is 2.28. The predicted octanol–water partition coefficient (Wildman–Crippen LogP) is 3.32. The lowest BCUT2D eigenvalue weighted by molar-refractivity contribution is -0.131. The Kier molecular flexibility index (Phi) is 4.36. The van der Waals surface area contributed by atoms with Gasteiger partial charge in [-0.15, -0.1) is 11.3 Å². The summed E-state index contributed by atoms with van der Waals surface area (Å²) in [5.41, 5.74) is 1.77. The number of thiophene rings is 1. The van der Waals surface area contributed by atoms with E-state index in [0.717, 1.165) is 20.6 Å². The molecule has 1 N–H and O–H groups in total. The van der Waals surface area contributed by atoms with Crippen molar-refractivity contribution in [3.8, 4) is 0 Å². The molecule has 0 spiro atoms. The second-order valence-corrected chi connectivity index (χ2v) is 6.59. The normalized spacial score (nSPS) is 17.2. The third-order valence-corrected chi connectivity index (χ3v) is 4.51. The zero-order chi connectivity index (χ0) is 14.7. The number of oxime groups is 1. The molecule has 6 heteroatoms. The molecule has 1 aromatic heterocycles. The average molecular weight is 365 g/mol. The van der Waals surface area contributed by atoms with E-state index in [1.807, 2.05) is 41.8 Å². The van der Waals surface area contributed by atoms with E-state index in [4.69, 9.17) is 4.84 Å². The summed E-state index contributed by atoms with van der Waals surface area (Å²) in [4.78, 5) is 18.4. The molecule has 108 valence electrons. The molecule has 0 bridgehead atoms. The Morgan fingerprint density at radius 3 is 3.10 bits per heavy atom. The molecule has 0 radical (unpaired) electrons. The first-order valence-corrected chi connectivity index (χ1v) is 8.18. The molecular weight excluding hydrogens is 352 g/mol. The van der Waals surface area contributed by atoms with Crippen LogP contribution in [0.1, 0.15) is 16.9 Å². The molecule has 1 amide bonds. The van der Waals surface area contributed by atoms with Crippen molar-refractivity contribution in [2.45, 2.75) is 19.1 Å². The van der Waals surface area contributed by atoms with E-state index in [2.05, 4.69) is 26.4 Å². The quantitative estimate of drug-likeness (QED) is 0.904. The van der Waals surface area contributed by atoms with Gasteiger partial charge in [-0.3, -0.25) is 4.79 Å². The van der Waals surface area contributed by atoms with Crippen LogP contribution in [0.15, 0.2) is 51.4 Å². The Morgan fingerprint density at radius 2 is 2.33 bits per heavy atom. The van der Waals surface area contributed by atoms with Gasteiger partial charge in [0.2, 0.25) is 6.10 Å². The van der Waals surface area contributed by atoms with Crippen LogP contribution in [0.25, 0.3) is 0 Å². The number of nitrogens with zero attached hydrogens (tertiary/aromatic N) is 1. The number of rotatable bonds is 4. The summed E-state index contributed by atoms with van der Waals surface area (Å²) in [5, 5.41) is 8.89. The van der Waals surface area contributed by atoms with Crippen molar-refractivity contribution in [1.82, 2.24) is 5.32 Å². The molecule has 0 saturated carbocycles. The van der Waals surface area contributed by atoms with Gasteiger partial charge < -0.3 is 10.2 Å². The first-order valence-electron chi connectivity index (χ1n) is 6.51. The lowest BCUT2D eigenvalue weighted by Crippen LogP contribution is -2.34. The zero-order valence-corrected chi connectivity index (χ0v) is 13.5. The largest absolute Gasteiger partial charge is 0.382 e. The van der Waals surface area contributed by atoms with Crippen LogP contribution >= 0.6 is 27.3 Å². The van der Waals surface area contributed by atoms with Gasteiger partial charge in [-0.05, 0) is 23.6 Å². The molecule has 4 nitrogen and oxygen atoms in total. The third-order valence-electron chi connectivity index (χ3n) is 3.14. The van der Waals surface area contributed by atoms with E-state index in [0.29, 0.717) is 13.0 Å². The van der Waals surface area contributed by atoms with Crippen LogP contribution in [0.4, 0.5) is 0 Å². The number of nitrogens with one attached hydrogen (secondary N) is 1. The number of hydrogen-bond acceptors (Lipinski definition) is 4. The van der Waals surface area contributed by atoms with Crippen molar-refractivity contribution in [1.29, 1.82) is 0 Å². The molecule has 1 aromatic carbocycles. The summed E-state index contributed by atoms with van der Waals surface area (Å²) in [6.45, 7) is 0.530. The summed E-state index contributed by atoms with van der Waals surface area (Å²) in [5.74, 6) is -0.128. The minimum Gasteiger partial charge on any atom is -0.382 e. The molecule has 1 unspecified atom stereocenters. The van der Waals surface area contributed by atoms with E-state index in [9.17, 15) is 4.79 Å². The number of hydrogen-bond donors (Lipinski definition) is 1. The number of carbonyl (C=O) groups is 1. The maximum atomic E-state index is 12.1. The second kappa shape index (κ2) is 6.41. The predicted molar refractivity (Wildman–Crippen MR) is 86.3 cm³/mol. The highest BCUT2D eigenvalue weighted by molar-refractivity contribution is 9.10. The fraction of sp³-hybridized carbons (Fsp3) is 0.200. The monoisotopic (exact) mass is 364 g/mol. The maximum Gasteiger partial charge on any atom is 0.264 e. The van der Waals surface area contributed by atoms with Crippen LogP contribution < -0.4 is 5.32 Å². The third kappa shape index (κ3) is 3.51. The van der Waals surface area contributed by atoms with Crippen molar-refractivity contribution >= 4 is 38.9 Å². The standard InChI is InChI=1S/C15H13BrN2O2S/c16-11-4-1-3-10(7-11)13-8-14(20-18-13)15(19)17-9-12-5-2-6-21-12/h1-7,14H,8-9H2,(H,17,19). The molecule has 0 aliphatic carbocycles. The molecule has 0 saturated heterocycles. The van der Waals surface area contributed by atoms with Crippen molar-refractivity contribution < 1.29 is 9.63 Å². The van der Waals surface area contributed by atoms with Gasteiger partial charge in [-0.1, -0.05) is 39.3 Å². The number of amides is 1. The number of benzene rings is 1. The minimum absolute atomic E-state index is 0.128. The fourth-order valence-electron chi connectivity index (χ4n) is 2.06. The van der Waals surface area contributed by atoms with Gasteiger partial charge in [0.05, 0.1) is 12.3 Å². The second-order valence-electron chi connectivity index (χ2n) is 4.64. The molecule has 0 fully saturated rings. The Hall–Kier alpha value is -1.66. The molecule has 1 aliphatic rings. The van der Waals surface area contributed by atoms with E-state index < -0.39 is 6.10 Å². The van der Waals surface area contributed by atoms with Crippen molar-refractivity contribution in [2.24, 2.45) is 5.16 Å². The SMILES string of the molecule is O=C(NCc1cccs1)C1CC(c2cccc(Br)c2)=NO1. The molecule has 1 atom stereocenters. The molecule has 2 aromatic rings. The van der Waals surface area contributed by atoms with Gasteiger partial charge in [0.1, 0.15) is 0 Å². The Morgan fingerprint density at radius 1 is 1.43 bits per heavy atom. The summed E-state index contributed by atoms with van der Waals surface area (Å²) >= 11 is 5.04. The lowest BCUT2D eigenvalue weighted by atomic mass is 10.0. The number of carbonyl (C=O) groups excluding carboxylic acids is 1. The summed E-state index contributed by atoms with van der Waals surface area (Å²) in [6, 6.07) is 11.8. The summed E-state index contributed by atoms with van der Waals surface area (Å²) in [7, 11) is 0. The van der Waals surface area contributed by atoms with Gasteiger partial charge in [0, 0.05) is 21.3 Å². The van der Waals surface area contributed by atoms with E-state index in [1.165, 1.54) is 0 Å². The van der Waals surface area contributed by atoms with Gasteiger partial charge in [0.15, 0.2) is 0 Å². The van der Waals surface area contributed by atoms with Crippen molar-refractivity contribution in [3.05, 3.63) is 56.7 Å². The van der Waals surface area contributed by atoms with E-state index in [1.54, 1.807) is 11.3 Å². The zero-order valence-electron chi connectivity index (χ0n) is 11.1.